The Morgan fingerprint density at radius 1 is 1.35 bits per heavy atom. The van der Waals surface area contributed by atoms with E-state index in [4.69, 9.17) is 24.1 Å². The topological polar surface area (TPSA) is 94.5 Å². The summed E-state index contributed by atoms with van der Waals surface area (Å²) < 4.78 is 20.3. The van der Waals surface area contributed by atoms with E-state index in [1.807, 2.05) is 0 Å². The van der Waals surface area contributed by atoms with Crippen LogP contribution in [0.3, 0.4) is 0 Å². The number of aliphatic hydroxyl groups excluding tert-OH is 2. The first kappa shape index (κ1) is 14.3. The van der Waals surface area contributed by atoms with E-state index in [0.29, 0.717) is 0 Å². The third-order valence-corrected chi connectivity index (χ3v) is 2.63. The summed E-state index contributed by atoms with van der Waals surface area (Å²) in [6.07, 6.45) is -4.15. The summed E-state index contributed by atoms with van der Waals surface area (Å²) in [6.45, 7) is 0.802. The number of hydrogen-bond donors (Lipinski definition) is 2. The van der Waals surface area contributed by atoms with E-state index in [-0.39, 0.29) is 0 Å². The Morgan fingerprint density at radius 2 is 1.94 bits per heavy atom. The van der Waals surface area contributed by atoms with Gasteiger partial charge in [0.2, 0.25) is 0 Å². The molecule has 1 aliphatic rings. The third-order valence-electron chi connectivity index (χ3n) is 2.63. The van der Waals surface area contributed by atoms with Crippen LogP contribution in [0.15, 0.2) is 0 Å². The molecule has 0 spiro atoms. The standard InChI is InChI=1S/C10H18O7/c1-5(12)16-6(4-11)7-8(14-2)9(15-3)10(13)17-7/h6-11,13H,4H2,1-3H3/t6-,7-,8+,9-,10?/m1/s1. The van der Waals surface area contributed by atoms with Gasteiger partial charge in [-0.25, -0.2) is 0 Å². The van der Waals surface area contributed by atoms with Crippen molar-refractivity contribution in [3.8, 4) is 0 Å². The number of hydrogen-bond acceptors (Lipinski definition) is 7. The number of aliphatic hydroxyl groups is 2. The minimum absolute atomic E-state index is 0.423. The van der Waals surface area contributed by atoms with E-state index in [2.05, 4.69) is 0 Å². The maximum absolute atomic E-state index is 10.9. The summed E-state index contributed by atoms with van der Waals surface area (Å²) in [5.41, 5.74) is 0. The van der Waals surface area contributed by atoms with Gasteiger partial charge in [0.05, 0.1) is 6.61 Å². The Morgan fingerprint density at radius 3 is 2.35 bits per heavy atom. The number of carbonyl (C=O) groups is 1. The third kappa shape index (κ3) is 3.14. The normalized spacial score (nSPS) is 34.6. The molecule has 0 aliphatic carbocycles. The summed E-state index contributed by atoms with van der Waals surface area (Å²) in [4.78, 5) is 10.9. The van der Waals surface area contributed by atoms with E-state index >= 15 is 0 Å². The first-order valence-corrected chi connectivity index (χ1v) is 5.22. The SMILES string of the molecule is CO[C@H]1[C@@H]([C@@H](CO)OC(C)=O)OC(O)[C@@H]1OC. The van der Waals surface area contributed by atoms with Crippen molar-refractivity contribution >= 4 is 5.97 Å². The van der Waals surface area contributed by atoms with Crippen LogP contribution < -0.4 is 0 Å². The molecule has 0 radical (unpaired) electrons. The predicted octanol–water partition coefficient (Wildman–Crippen LogP) is -1.34. The summed E-state index contributed by atoms with van der Waals surface area (Å²) >= 11 is 0. The molecule has 1 fully saturated rings. The van der Waals surface area contributed by atoms with Crippen LogP contribution in [0.4, 0.5) is 0 Å². The highest BCUT2D eigenvalue weighted by atomic mass is 16.7. The minimum atomic E-state index is -1.18. The Labute approximate surface area is 99.2 Å². The molecule has 1 rings (SSSR count). The zero-order chi connectivity index (χ0) is 13.0. The number of ether oxygens (including phenoxy) is 4. The summed E-state index contributed by atoms with van der Waals surface area (Å²) in [5, 5.41) is 18.7. The van der Waals surface area contributed by atoms with Crippen molar-refractivity contribution in [2.24, 2.45) is 0 Å². The van der Waals surface area contributed by atoms with Gasteiger partial charge in [-0.1, -0.05) is 0 Å². The van der Waals surface area contributed by atoms with Crippen molar-refractivity contribution < 1.29 is 34.0 Å². The molecular weight excluding hydrogens is 232 g/mol. The fourth-order valence-electron chi connectivity index (χ4n) is 1.90. The van der Waals surface area contributed by atoms with E-state index in [1.54, 1.807) is 0 Å². The fraction of sp³-hybridized carbons (Fsp3) is 0.900. The van der Waals surface area contributed by atoms with Gasteiger partial charge in [-0.2, -0.15) is 0 Å². The van der Waals surface area contributed by atoms with Gasteiger partial charge in [-0.3, -0.25) is 4.79 Å². The molecular formula is C10H18O7. The van der Waals surface area contributed by atoms with E-state index < -0.39 is 43.3 Å². The monoisotopic (exact) mass is 250 g/mol. The van der Waals surface area contributed by atoms with Gasteiger partial charge in [0, 0.05) is 21.1 Å². The minimum Gasteiger partial charge on any atom is -0.457 e. The molecule has 0 saturated carbocycles. The van der Waals surface area contributed by atoms with Gasteiger partial charge in [-0.05, 0) is 0 Å². The van der Waals surface area contributed by atoms with Crippen LogP contribution in [0.5, 0.6) is 0 Å². The van der Waals surface area contributed by atoms with Gasteiger partial charge in [0.25, 0.3) is 0 Å². The highest BCUT2D eigenvalue weighted by Crippen LogP contribution is 2.27. The molecule has 5 atom stereocenters. The van der Waals surface area contributed by atoms with Gasteiger partial charge >= 0.3 is 5.97 Å². The second-order valence-electron chi connectivity index (χ2n) is 3.72. The maximum Gasteiger partial charge on any atom is 0.303 e. The molecule has 1 unspecified atom stereocenters. The molecule has 2 N–H and O–H groups in total. The zero-order valence-corrected chi connectivity index (χ0v) is 10.0. The van der Waals surface area contributed by atoms with Crippen LogP contribution in [0.2, 0.25) is 0 Å². The van der Waals surface area contributed by atoms with Crippen LogP contribution in [-0.2, 0) is 23.7 Å². The van der Waals surface area contributed by atoms with Crippen LogP contribution in [0, 0.1) is 0 Å². The second kappa shape index (κ2) is 6.27. The number of esters is 1. The van der Waals surface area contributed by atoms with Crippen molar-refractivity contribution in [2.45, 2.75) is 37.6 Å². The fourth-order valence-corrected chi connectivity index (χ4v) is 1.90. The van der Waals surface area contributed by atoms with Crippen molar-refractivity contribution in [3.05, 3.63) is 0 Å². The zero-order valence-electron chi connectivity index (χ0n) is 10.0. The van der Waals surface area contributed by atoms with E-state index in [1.165, 1.54) is 21.1 Å². The molecule has 0 aromatic carbocycles. The highest BCUT2D eigenvalue weighted by molar-refractivity contribution is 5.66. The number of methoxy groups -OCH3 is 2. The molecule has 0 amide bonds. The van der Waals surface area contributed by atoms with Crippen molar-refractivity contribution in [1.29, 1.82) is 0 Å². The first-order valence-electron chi connectivity index (χ1n) is 5.22. The van der Waals surface area contributed by atoms with Crippen LogP contribution >= 0.6 is 0 Å². The summed E-state index contributed by atoms with van der Waals surface area (Å²) in [6, 6.07) is 0. The lowest BCUT2D eigenvalue weighted by Crippen LogP contribution is -2.44. The Balaban J connectivity index is 2.77. The molecule has 1 aliphatic heterocycles. The summed E-state index contributed by atoms with van der Waals surface area (Å²) in [7, 11) is 2.83. The molecule has 0 bridgehead atoms. The van der Waals surface area contributed by atoms with Gasteiger partial charge in [-0.15, -0.1) is 0 Å². The lowest BCUT2D eigenvalue weighted by Gasteiger charge is -2.25. The van der Waals surface area contributed by atoms with Gasteiger partial charge < -0.3 is 29.2 Å². The molecule has 0 aromatic rings. The maximum atomic E-state index is 10.9. The van der Waals surface area contributed by atoms with E-state index in [9.17, 15) is 9.90 Å². The van der Waals surface area contributed by atoms with Gasteiger partial charge in [0.15, 0.2) is 12.4 Å². The average molecular weight is 250 g/mol. The van der Waals surface area contributed by atoms with Crippen LogP contribution in [0.1, 0.15) is 6.92 Å². The average Bonchev–Trinajstić information content (AvgIpc) is 2.61. The molecule has 17 heavy (non-hydrogen) atoms. The molecule has 1 heterocycles. The molecule has 7 heteroatoms. The van der Waals surface area contributed by atoms with Gasteiger partial charge in [0.1, 0.15) is 18.3 Å². The van der Waals surface area contributed by atoms with Crippen LogP contribution in [0.25, 0.3) is 0 Å². The number of rotatable bonds is 5. The van der Waals surface area contributed by atoms with Crippen molar-refractivity contribution in [1.82, 2.24) is 0 Å². The Hall–Kier alpha value is -0.730. The molecule has 100 valence electrons. The smallest absolute Gasteiger partial charge is 0.303 e. The second-order valence-corrected chi connectivity index (χ2v) is 3.72. The lowest BCUT2D eigenvalue weighted by molar-refractivity contribution is -0.176. The predicted molar refractivity (Wildman–Crippen MR) is 55.1 cm³/mol. The molecule has 0 aromatic heterocycles. The lowest BCUT2D eigenvalue weighted by atomic mass is 10.1. The van der Waals surface area contributed by atoms with Crippen molar-refractivity contribution in [3.63, 3.8) is 0 Å². The summed E-state index contributed by atoms with van der Waals surface area (Å²) in [5.74, 6) is -0.544. The molecule has 7 nitrogen and oxygen atoms in total. The number of carbonyl (C=O) groups excluding carboxylic acids is 1. The van der Waals surface area contributed by atoms with Crippen molar-refractivity contribution in [2.75, 3.05) is 20.8 Å². The highest BCUT2D eigenvalue weighted by Gasteiger charge is 2.49. The Bertz CT molecular complexity index is 257. The largest absolute Gasteiger partial charge is 0.457 e. The quantitative estimate of drug-likeness (QED) is 0.583. The Kier molecular flexibility index (Phi) is 5.29. The van der Waals surface area contributed by atoms with E-state index in [0.717, 1.165) is 0 Å². The first-order chi connectivity index (χ1) is 8.04. The molecule has 1 saturated heterocycles. The van der Waals surface area contributed by atoms with Crippen LogP contribution in [-0.4, -0.2) is 67.7 Å².